The predicted molar refractivity (Wildman–Crippen MR) is 65.7 cm³/mol. The number of carbonyl (C=O) groups is 1. The minimum absolute atomic E-state index is 0.288. The highest BCUT2D eigenvalue weighted by molar-refractivity contribution is 5.77. The first-order valence-electron chi connectivity index (χ1n) is 5.81. The lowest BCUT2D eigenvalue weighted by molar-refractivity contribution is 0.112. The first-order valence-corrected chi connectivity index (χ1v) is 5.81. The van der Waals surface area contributed by atoms with E-state index in [1.165, 1.54) is 0 Å². The van der Waals surface area contributed by atoms with Crippen molar-refractivity contribution in [1.82, 2.24) is 9.78 Å². The summed E-state index contributed by atoms with van der Waals surface area (Å²) in [6.45, 7) is 8.37. The lowest BCUT2D eigenvalue weighted by atomic mass is 9.90. The molecule has 0 aliphatic heterocycles. The average molecular weight is 233 g/mol. The zero-order valence-electron chi connectivity index (χ0n) is 10.9. The lowest BCUT2D eigenvalue weighted by Crippen LogP contribution is -2.11. The Kier molecular flexibility index (Phi) is 4.06. The van der Waals surface area contributed by atoms with Gasteiger partial charge in [0.2, 0.25) is 0 Å². The molecule has 0 aliphatic rings. The van der Waals surface area contributed by atoms with Crippen LogP contribution in [0.25, 0.3) is 0 Å². The Hall–Kier alpha value is -1.63. The van der Waals surface area contributed by atoms with E-state index >= 15 is 0 Å². The van der Waals surface area contributed by atoms with Crippen molar-refractivity contribution in [3.05, 3.63) is 17.0 Å². The van der Waals surface area contributed by atoms with E-state index in [4.69, 9.17) is 5.26 Å². The van der Waals surface area contributed by atoms with Crippen LogP contribution >= 0.6 is 0 Å². The third kappa shape index (κ3) is 3.16. The number of aryl methyl sites for hydroxylation is 2. The first kappa shape index (κ1) is 13.4. The molecule has 4 heteroatoms. The maximum Gasteiger partial charge on any atom is 0.153 e. The molecule has 0 bridgehead atoms. The second kappa shape index (κ2) is 5.13. The van der Waals surface area contributed by atoms with Gasteiger partial charge in [-0.15, -0.1) is 0 Å². The molecule has 0 unspecified atom stereocenters. The molecule has 0 fully saturated rings. The molecule has 0 aromatic carbocycles. The highest BCUT2D eigenvalue weighted by atomic mass is 16.1. The number of carbonyl (C=O) groups excluding carboxylic acids is 1. The summed E-state index contributed by atoms with van der Waals surface area (Å²) in [6, 6.07) is 2.28. The van der Waals surface area contributed by atoms with Gasteiger partial charge in [0.05, 0.1) is 22.7 Å². The third-order valence-corrected chi connectivity index (χ3v) is 3.03. The molecule has 0 N–H and O–H groups in total. The molecule has 0 saturated carbocycles. The van der Waals surface area contributed by atoms with Crippen molar-refractivity contribution in [1.29, 1.82) is 5.26 Å². The fourth-order valence-electron chi connectivity index (χ4n) is 1.83. The van der Waals surface area contributed by atoms with Gasteiger partial charge in [-0.25, -0.2) is 0 Å². The van der Waals surface area contributed by atoms with Crippen molar-refractivity contribution in [2.24, 2.45) is 5.41 Å². The molecule has 1 aromatic rings. The zero-order valence-corrected chi connectivity index (χ0v) is 10.9. The van der Waals surface area contributed by atoms with Crippen molar-refractivity contribution in [3.63, 3.8) is 0 Å². The van der Waals surface area contributed by atoms with E-state index in [1.54, 1.807) is 0 Å². The minimum Gasteiger partial charge on any atom is -0.298 e. The Bertz CT molecular complexity index is 452. The van der Waals surface area contributed by atoms with Crippen molar-refractivity contribution in [3.8, 4) is 6.07 Å². The van der Waals surface area contributed by atoms with E-state index in [1.807, 2.05) is 32.4 Å². The van der Waals surface area contributed by atoms with Crippen molar-refractivity contribution >= 4 is 6.29 Å². The van der Waals surface area contributed by atoms with Crippen LogP contribution in [0.2, 0.25) is 0 Å². The van der Waals surface area contributed by atoms with Crippen LogP contribution in [-0.2, 0) is 6.54 Å². The van der Waals surface area contributed by atoms with E-state index in [9.17, 15) is 4.79 Å². The summed E-state index contributed by atoms with van der Waals surface area (Å²) in [6.07, 6.45) is 2.58. The Morgan fingerprint density at radius 3 is 2.59 bits per heavy atom. The quantitative estimate of drug-likeness (QED) is 0.734. The van der Waals surface area contributed by atoms with Crippen LogP contribution in [0.5, 0.6) is 0 Å². The van der Waals surface area contributed by atoms with Gasteiger partial charge >= 0.3 is 0 Å². The zero-order chi connectivity index (χ0) is 13.1. The summed E-state index contributed by atoms with van der Waals surface area (Å²) < 4.78 is 1.85. The lowest BCUT2D eigenvalue weighted by Gasteiger charge is -2.14. The van der Waals surface area contributed by atoms with Gasteiger partial charge in [0.1, 0.15) is 0 Å². The second-order valence-corrected chi connectivity index (χ2v) is 5.02. The molecule has 4 nitrogen and oxygen atoms in total. The highest BCUT2D eigenvalue weighted by Gasteiger charge is 2.16. The molecule has 1 heterocycles. The molecular formula is C13H19N3O. The summed E-state index contributed by atoms with van der Waals surface area (Å²) in [5.74, 6) is 0. The van der Waals surface area contributed by atoms with Gasteiger partial charge in [-0.3, -0.25) is 9.48 Å². The summed E-state index contributed by atoms with van der Waals surface area (Å²) in [4.78, 5) is 10.8. The van der Waals surface area contributed by atoms with Crippen molar-refractivity contribution < 1.29 is 4.79 Å². The molecular weight excluding hydrogens is 214 g/mol. The molecule has 17 heavy (non-hydrogen) atoms. The number of hydrogen-bond donors (Lipinski definition) is 0. The molecule has 0 aliphatic carbocycles. The molecule has 0 saturated heterocycles. The summed E-state index contributed by atoms with van der Waals surface area (Å²) in [5.41, 5.74) is 2.08. The maximum absolute atomic E-state index is 10.8. The van der Waals surface area contributed by atoms with Crippen molar-refractivity contribution in [2.45, 2.75) is 47.1 Å². The van der Waals surface area contributed by atoms with Crippen LogP contribution in [0.3, 0.4) is 0 Å². The molecule has 0 spiro atoms. The fraction of sp³-hybridized carbons (Fsp3) is 0.615. The largest absolute Gasteiger partial charge is 0.298 e. The fourth-order valence-corrected chi connectivity index (χ4v) is 1.83. The monoisotopic (exact) mass is 233 g/mol. The minimum atomic E-state index is -0.288. The van der Waals surface area contributed by atoms with Gasteiger partial charge in [-0.2, -0.15) is 10.4 Å². The van der Waals surface area contributed by atoms with Gasteiger partial charge in [0.25, 0.3) is 0 Å². The van der Waals surface area contributed by atoms with Gasteiger partial charge in [0, 0.05) is 12.2 Å². The van der Waals surface area contributed by atoms with E-state index in [2.05, 4.69) is 11.2 Å². The number of nitriles is 1. The topological polar surface area (TPSA) is 58.7 Å². The maximum atomic E-state index is 10.8. The smallest absolute Gasteiger partial charge is 0.153 e. The SMILES string of the molecule is Cc1nn(CCCC(C)(C)C#N)c(C)c1C=O. The predicted octanol–water partition coefficient (Wildman–Crippen LogP) is 2.64. The molecule has 1 aromatic heterocycles. The number of aldehydes is 1. The molecule has 1 rings (SSSR count). The Labute approximate surface area is 102 Å². The van der Waals surface area contributed by atoms with Crippen LogP contribution in [0.15, 0.2) is 0 Å². The van der Waals surface area contributed by atoms with Crippen LogP contribution in [0, 0.1) is 30.6 Å². The number of hydrogen-bond acceptors (Lipinski definition) is 3. The number of rotatable bonds is 5. The van der Waals surface area contributed by atoms with Gasteiger partial charge in [-0.1, -0.05) is 0 Å². The summed E-state index contributed by atoms with van der Waals surface area (Å²) in [7, 11) is 0. The summed E-state index contributed by atoms with van der Waals surface area (Å²) >= 11 is 0. The number of nitrogens with zero attached hydrogens (tertiary/aromatic N) is 3. The Morgan fingerprint density at radius 1 is 1.47 bits per heavy atom. The molecule has 0 radical (unpaired) electrons. The van der Waals surface area contributed by atoms with Crippen LogP contribution in [0.1, 0.15) is 48.4 Å². The standard InChI is InChI=1S/C13H19N3O/c1-10-12(8-17)11(2)16(15-10)7-5-6-13(3,4)9-14/h8H,5-7H2,1-4H3. The first-order chi connectivity index (χ1) is 7.91. The third-order valence-electron chi connectivity index (χ3n) is 3.03. The molecule has 92 valence electrons. The van der Waals surface area contributed by atoms with E-state index in [0.717, 1.165) is 37.1 Å². The van der Waals surface area contributed by atoms with Crippen LogP contribution in [0.4, 0.5) is 0 Å². The highest BCUT2D eigenvalue weighted by Crippen LogP contribution is 2.21. The van der Waals surface area contributed by atoms with Crippen LogP contribution in [-0.4, -0.2) is 16.1 Å². The molecule has 0 atom stereocenters. The second-order valence-electron chi connectivity index (χ2n) is 5.02. The van der Waals surface area contributed by atoms with E-state index in [-0.39, 0.29) is 5.41 Å². The van der Waals surface area contributed by atoms with Crippen molar-refractivity contribution in [2.75, 3.05) is 0 Å². The van der Waals surface area contributed by atoms with Gasteiger partial charge < -0.3 is 0 Å². The van der Waals surface area contributed by atoms with Gasteiger partial charge in [-0.05, 0) is 40.5 Å². The average Bonchev–Trinajstić information content (AvgIpc) is 2.54. The van der Waals surface area contributed by atoms with E-state index < -0.39 is 0 Å². The Morgan fingerprint density at radius 2 is 2.12 bits per heavy atom. The Balaban J connectivity index is 2.66. The van der Waals surface area contributed by atoms with Crippen LogP contribution < -0.4 is 0 Å². The molecule has 0 amide bonds. The van der Waals surface area contributed by atoms with E-state index in [0.29, 0.717) is 5.56 Å². The summed E-state index contributed by atoms with van der Waals surface area (Å²) in [5, 5.41) is 13.2. The number of aromatic nitrogens is 2. The van der Waals surface area contributed by atoms with Gasteiger partial charge in [0.15, 0.2) is 6.29 Å². The normalized spacial score (nSPS) is 11.2.